The van der Waals surface area contributed by atoms with Gasteiger partial charge in [-0.3, -0.25) is 19.7 Å². The van der Waals surface area contributed by atoms with Crippen LogP contribution in [-0.2, 0) is 16.1 Å². The molecule has 2 atom stereocenters. The van der Waals surface area contributed by atoms with E-state index in [1.54, 1.807) is 28.4 Å². The first-order valence-corrected chi connectivity index (χ1v) is 21.9. The lowest BCUT2D eigenvalue weighted by atomic mass is 9.96. The van der Waals surface area contributed by atoms with Crippen LogP contribution in [0, 0.1) is 13.8 Å². The van der Waals surface area contributed by atoms with Crippen molar-refractivity contribution in [2.45, 2.75) is 45.3 Å². The lowest BCUT2D eigenvalue weighted by Gasteiger charge is -2.25. The molecule has 0 bridgehead atoms. The van der Waals surface area contributed by atoms with Crippen molar-refractivity contribution in [2.75, 3.05) is 41.7 Å². The molecule has 0 spiro atoms. The highest BCUT2D eigenvalue weighted by Crippen LogP contribution is 2.34. The summed E-state index contributed by atoms with van der Waals surface area (Å²) in [7, 11) is 6.20. The number of ether oxygens (including phenoxy) is 4. The number of methoxy groups -OCH3 is 4. The van der Waals surface area contributed by atoms with Crippen molar-refractivity contribution in [1.29, 1.82) is 0 Å². The topological polar surface area (TPSA) is 207 Å². The second kappa shape index (κ2) is 25.5. The Morgan fingerprint density at radius 2 is 0.986 bits per heavy atom. The molecule has 6 aromatic carbocycles. The molecule has 0 aliphatic carbocycles. The minimum absolute atomic E-state index is 0.151. The van der Waals surface area contributed by atoms with Crippen LogP contribution in [0.15, 0.2) is 121 Å². The molecule has 0 fully saturated rings. The Kier molecular flexibility index (Phi) is 20.0. The molecule has 0 heterocycles. The molecule has 0 aromatic heterocycles. The van der Waals surface area contributed by atoms with E-state index in [2.05, 4.69) is 85.9 Å². The van der Waals surface area contributed by atoms with E-state index in [1.807, 2.05) is 78.9 Å². The Labute approximate surface area is 404 Å². The van der Waals surface area contributed by atoms with Crippen molar-refractivity contribution in [3.05, 3.63) is 166 Å². The average Bonchev–Trinajstić information content (AvgIpc) is 3.37. The van der Waals surface area contributed by atoms with Crippen molar-refractivity contribution in [3.63, 3.8) is 0 Å². The quantitative estimate of drug-likeness (QED) is 0.0352. The van der Waals surface area contributed by atoms with E-state index in [-0.39, 0.29) is 6.54 Å². The van der Waals surface area contributed by atoms with Crippen LogP contribution in [0.2, 0.25) is 0 Å². The van der Waals surface area contributed by atoms with Gasteiger partial charge in [0.2, 0.25) is 0 Å². The normalized spacial score (nSPS) is 12.6. The third-order valence-electron chi connectivity index (χ3n) is 11.4. The van der Waals surface area contributed by atoms with E-state index >= 15 is 0 Å². The molecule has 0 aliphatic heterocycles. The first kappa shape index (κ1) is 54.1. The van der Waals surface area contributed by atoms with Crippen LogP contribution in [-0.4, -0.2) is 91.4 Å². The molecule has 2 unspecified atom stereocenters. The van der Waals surface area contributed by atoms with Gasteiger partial charge in [0.25, 0.3) is 0 Å². The van der Waals surface area contributed by atoms with E-state index in [4.69, 9.17) is 34.9 Å². The SMILES string of the molecule is CC(N)(CO)C(=O)O.COc1cc(/C=C/c2cccc(-c3ccccc3)c2C)cc(OC)c1C=O.COc1cc(/C=C/c2cccc(-c3ccccc3)c2C)cc(OC)c1CNC(C)(CO)C(=O)O. The van der Waals surface area contributed by atoms with Gasteiger partial charge in [-0.15, -0.1) is 0 Å². The zero-order chi connectivity index (χ0) is 50.7. The third kappa shape index (κ3) is 14.2. The molecule has 0 radical (unpaired) electrons. The van der Waals surface area contributed by atoms with Crippen LogP contribution in [0.5, 0.6) is 23.0 Å². The number of aliphatic hydroxyl groups excluding tert-OH is 2. The molecule has 0 amide bonds. The van der Waals surface area contributed by atoms with Gasteiger partial charge in [0, 0.05) is 12.1 Å². The van der Waals surface area contributed by atoms with Crippen LogP contribution in [0.1, 0.15) is 63.1 Å². The van der Waals surface area contributed by atoms with Gasteiger partial charge in [-0.1, -0.05) is 121 Å². The number of carbonyl (C=O) groups is 3. The van der Waals surface area contributed by atoms with Crippen LogP contribution < -0.4 is 30.0 Å². The van der Waals surface area contributed by atoms with Crippen molar-refractivity contribution in [1.82, 2.24) is 5.32 Å². The number of carboxylic acids is 2. The average molecular weight is 939 g/mol. The summed E-state index contributed by atoms with van der Waals surface area (Å²) in [4.78, 5) is 32.8. The molecule has 13 heteroatoms. The molecule has 13 nitrogen and oxygen atoms in total. The molecule has 0 saturated heterocycles. The number of aldehydes is 1. The number of benzene rings is 6. The molecule has 362 valence electrons. The monoisotopic (exact) mass is 938 g/mol. The van der Waals surface area contributed by atoms with Gasteiger partial charge in [0.05, 0.1) is 47.2 Å². The summed E-state index contributed by atoms with van der Waals surface area (Å²) in [6, 6.07) is 40.6. The van der Waals surface area contributed by atoms with Crippen molar-refractivity contribution >= 4 is 42.5 Å². The second-order valence-electron chi connectivity index (χ2n) is 16.3. The van der Waals surface area contributed by atoms with E-state index in [0.717, 1.165) is 28.5 Å². The molecule has 0 aliphatic rings. The molecule has 7 N–H and O–H groups in total. The number of carboxylic acid groups (broad SMARTS) is 2. The smallest absolute Gasteiger partial charge is 0.326 e. The summed E-state index contributed by atoms with van der Waals surface area (Å²) in [6.45, 7) is 5.97. The Bertz CT molecular complexity index is 2680. The number of nitrogens with one attached hydrogen (secondary N) is 1. The van der Waals surface area contributed by atoms with E-state index in [9.17, 15) is 24.6 Å². The predicted octanol–water partition coefficient (Wildman–Crippen LogP) is 9.22. The zero-order valence-electron chi connectivity index (χ0n) is 40.3. The Morgan fingerprint density at radius 1 is 0.580 bits per heavy atom. The van der Waals surface area contributed by atoms with Gasteiger partial charge in [-0.25, -0.2) is 0 Å². The van der Waals surface area contributed by atoms with E-state index < -0.39 is 36.2 Å². The molecule has 69 heavy (non-hydrogen) atoms. The number of hydrogen-bond acceptors (Lipinski definition) is 11. The highest BCUT2D eigenvalue weighted by atomic mass is 16.5. The standard InChI is InChI=1S/C28H31NO5.C24H22O3.C4H9NO3/c1-19-21(11-8-12-23(19)22-9-6-5-7-10-22)14-13-20-15-25(33-3)24(26(16-20)34-4)17-29-28(2,18-30)27(31)32;1-17-19(10-7-11-21(17)20-8-5-4-6-9-20)13-12-18-14-23(26-2)22(16-25)24(15-18)27-3;1-4(5,2-6)3(7)8/h5-16,29-30H,17-18H2,1-4H3,(H,31,32);4-16H,1-3H3;6H,2,5H2,1H3,(H,7,8)/b14-13+;13-12+;. The maximum Gasteiger partial charge on any atom is 0.326 e. The number of aliphatic carboxylic acids is 2. The summed E-state index contributed by atoms with van der Waals surface area (Å²) in [5, 5.41) is 38.2. The molecule has 6 rings (SSSR count). The summed E-state index contributed by atoms with van der Waals surface area (Å²) in [5.41, 5.74) is 14.3. The van der Waals surface area contributed by atoms with E-state index in [0.29, 0.717) is 34.1 Å². The summed E-state index contributed by atoms with van der Waals surface area (Å²) >= 11 is 0. The minimum atomic E-state index is -1.49. The van der Waals surface area contributed by atoms with Crippen molar-refractivity contribution in [3.8, 4) is 45.3 Å². The first-order chi connectivity index (χ1) is 33.0. The van der Waals surface area contributed by atoms with Crippen LogP contribution in [0.3, 0.4) is 0 Å². The lowest BCUT2D eigenvalue weighted by Crippen LogP contribution is -2.52. The van der Waals surface area contributed by atoms with Gasteiger partial charge in [0.15, 0.2) is 6.29 Å². The zero-order valence-corrected chi connectivity index (χ0v) is 40.3. The predicted molar refractivity (Wildman–Crippen MR) is 273 cm³/mol. The van der Waals surface area contributed by atoms with Crippen molar-refractivity contribution < 1.29 is 53.8 Å². The number of nitrogens with two attached hydrogens (primary N) is 1. The number of rotatable bonds is 18. The molecule has 0 saturated carbocycles. The fourth-order valence-corrected chi connectivity index (χ4v) is 6.90. The minimum Gasteiger partial charge on any atom is -0.496 e. The Morgan fingerprint density at radius 3 is 1.30 bits per heavy atom. The molecular weight excluding hydrogens is 877 g/mol. The number of aliphatic hydroxyl groups is 2. The molecular formula is C56H62N2O11. The van der Waals surface area contributed by atoms with Crippen LogP contribution in [0.4, 0.5) is 0 Å². The number of carbonyl (C=O) groups excluding carboxylic acids is 1. The van der Waals surface area contributed by atoms with Gasteiger partial charge in [-0.2, -0.15) is 0 Å². The summed E-state index contributed by atoms with van der Waals surface area (Å²) in [5.74, 6) is -0.211. The highest BCUT2D eigenvalue weighted by Gasteiger charge is 2.32. The largest absolute Gasteiger partial charge is 0.496 e. The highest BCUT2D eigenvalue weighted by molar-refractivity contribution is 5.86. The Hall–Kier alpha value is -7.55. The van der Waals surface area contributed by atoms with Gasteiger partial charge in [-0.05, 0) is 108 Å². The van der Waals surface area contributed by atoms with Gasteiger partial charge < -0.3 is 45.1 Å². The summed E-state index contributed by atoms with van der Waals surface area (Å²) < 4.78 is 21.8. The first-order valence-electron chi connectivity index (χ1n) is 21.9. The summed E-state index contributed by atoms with van der Waals surface area (Å²) in [6.07, 6.45) is 8.86. The maximum atomic E-state index is 11.5. The van der Waals surface area contributed by atoms with Crippen LogP contribution >= 0.6 is 0 Å². The lowest BCUT2D eigenvalue weighted by molar-refractivity contribution is -0.146. The van der Waals surface area contributed by atoms with Crippen molar-refractivity contribution in [2.24, 2.45) is 5.73 Å². The fraction of sp³-hybridized carbons (Fsp3) is 0.232. The second-order valence-corrected chi connectivity index (χ2v) is 16.3. The maximum absolute atomic E-state index is 11.5. The number of hydrogen-bond donors (Lipinski definition) is 6. The van der Waals surface area contributed by atoms with Gasteiger partial charge in [0.1, 0.15) is 34.1 Å². The van der Waals surface area contributed by atoms with Crippen LogP contribution in [0.25, 0.3) is 46.6 Å². The third-order valence-corrected chi connectivity index (χ3v) is 11.4. The van der Waals surface area contributed by atoms with Gasteiger partial charge >= 0.3 is 11.9 Å². The van der Waals surface area contributed by atoms with E-state index in [1.165, 1.54) is 47.2 Å². The fourth-order valence-electron chi connectivity index (χ4n) is 6.90. The molecule has 6 aromatic rings. The Balaban J connectivity index is 0.000000264.